The number of thiophene rings is 1. The van der Waals surface area contributed by atoms with Crippen LogP contribution in [0.25, 0.3) is 0 Å². The van der Waals surface area contributed by atoms with Gasteiger partial charge >= 0.3 is 0 Å². The number of hydrogen-bond acceptors (Lipinski definition) is 4. The summed E-state index contributed by atoms with van der Waals surface area (Å²) in [7, 11) is -3.53. The Morgan fingerprint density at radius 3 is 2.80 bits per heavy atom. The molecule has 1 fully saturated rings. The van der Waals surface area contributed by atoms with E-state index in [1.54, 1.807) is 0 Å². The lowest BCUT2D eigenvalue weighted by molar-refractivity contribution is 0.212. The first-order valence-electron chi connectivity index (χ1n) is 6.65. The van der Waals surface area contributed by atoms with E-state index in [4.69, 9.17) is 5.11 Å². The summed E-state index contributed by atoms with van der Waals surface area (Å²) in [5.41, 5.74) is 0.188. The van der Waals surface area contributed by atoms with Crippen LogP contribution in [0.15, 0.2) is 14.7 Å². The highest BCUT2D eigenvalue weighted by molar-refractivity contribution is 9.11. The van der Waals surface area contributed by atoms with Gasteiger partial charge in [0.15, 0.2) is 0 Å². The third kappa shape index (κ3) is 3.82. The first kappa shape index (κ1) is 16.4. The third-order valence-corrected chi connectivity index (χ3v) is 7.44. The number of rotatable bonds is 4. The van der Waals surface area contributed by atoms with E-state index >= 15 is 0 Å². The van der Waals surface area contributed by atoms with Gasteiger partial charge in [0.25, 0.3) is 0 Å². The van der Waals surface area contributed by atoms with Crippen molar-refractivity contribution >= 4 is 37.3 Å². The molecule has 1 heterocycles. The molecule has 0 radical (unpaired) electrons. The number of aliphatic hydroxyl groups excluding tert-OH is 1. The van der Waals surface area contributed by atoms with E-state index in [1.807, 2.05) is 0 Å². The van der Waals surface area contributed by atoms with Gasteiger partial charge in [0, 0.05) is 10.9 Å². The zero-order valence-corrected chi connectivity index (χ0v) is 14.9. The van der Waals surface area contributed by atoms with Crippen molar-refractivity contribution in [1.82, 2.24) is 4.72 Å². The zero-order chi connectivity index (χ0) is 15.0. The van der Waals surface area contributed by atoms with Crippen LogP contribution >= 0.6 is 27.3 Å². The van der Waals surface area contributed by atoms with Gasteiger partial charge < -0.3 is 5.11 Å². The molecule has 0 aromatic carbocycles. The lowest BCUT2D eigenvalue weighted by Crippen LogP contribution is -2.40. The molecular weight excluding hydrogens is 362 g/mol. The van der Waals surface area contributed by atoms with Crippen LogP contribution in [0.2, 0.25) is 0 Å². The fraction of sp³-hybridized carbons (Fsp3) is 0.692. The summed E-state index contributed by atoms with van der Waals surface area (Å²) < 4.78 is 28.2. The average Bonchev–Trinajstić information content (AvgIpc) is 2.69. The Labute approximate surface area is 132 Å². The quantitative estimate of drug-likeness (QED) is 0.840. The van der Waals surface area contributed by atoms with Gasteiger partial charge in [-0.2, -0.15) is 0 Å². The molecule has 0 saturated heterocycles. The predicted molar refractivity (Wildman–Crippen MR) is 84.3 cm³/mol. The second-order valence-corrected chi connectivity index (χ2v) is 10.2. The molecular formula is C13H20BrNO3S2. The van der Waals surface area contributed by atoms with E-state index < -0.39 is 10.0 Å². The summed E-state index contributed by atoms with van der Waals surface area (Å²) in [6.07, 6.45) is 3.94. The van der Waals surface area contributed by atoms with Crippen LogP contribution in [0, 0.1) is 5.41 Å². The van der Waals surface area contributed by atoms with E-state index in [-0.39, 0.29) is 23.0 Å². The summed E-state index contributed by atoms with van der Waals surface area (Å²) in [5, 5.41) is 9.11. The smallest absolute Gasteiger partial charge is 0.242 e. The van der Waals surface area contributed by atoms with E-state index in [9.17, 15) is 8.42 Å². The Morgan fingerprint density at radius 2 is 2.25 bits per heavy atom. The van der Waals surface area contributed by atoms with Crippen molar-refractivity contribution in [1.29, 1.82) is 0 Å². The highest BCUT2D eigenvalue weighted by atomic mass is 79.9. The maximum atomic E-state index is 12.4. The highest BCUT2D eigenvalue weighted by Gasteiger charge is 2.31. The number of aliphatic hydroxyl groups is 1. The fourth-order valence-corrected chi connectivity index (χ4v) is 6.55. The van der Waals surface area contributed by atoms with Crippen LogP contribution in [-0.2, 0) is 16.6 Å². The summed E-state index contributed by atoms with van der Waals surface area (Å²) in [6.45, 7) is 4.21. The zero-order valence-electron chi connectivity index (χ0n) is 11.6. The van der Waals surface area contributed by atoms with Crippen LogP contribution in [0.3, 0.4) is 0 Å². The maximum absolute atomic E-state index is 12.4. The van der Waals surface area contributed by atoms with Gasteiger partial charge in [-0.15, -0.1) is 11.3 Å². The minimum Gasteiger partial charge on any atom is -0.391 e. The molecule has 1 aromatic rings. The summed E-state index contributed by atoms with van der Waals surface area (Å²) in [4.78, 5) is 0.871. The second kappa shape index (κ2) is 6.04. The maximum Gasteiger partial charge on any atom is 0.242 e. The van der Waals surface area contributed by atoms with Crippen molar-refractivity contribution in [3.63, 3.8) is 0 Å². The Kier molecular flexibility index (Phi) is 4.96. The Hall–Kier alpha value is 0.0500. The first-order valence-corrected chi connectivity index (χ1v) is 9.74. The topological polar surface area (TPSA) is 66.4 Å². The van der Waals surface area contributed by atoms with Crippen LogP contribution in [0.4, 0.5) is 0 Å². The van der Waals surface area contributed by atoms with Gasteiger partial charge in [0.1, 0.15) is 4.90 Å². The van der Waals surface area contributed by atoms with Crippen LogP contribution in [0.1, 0.15) is 44.4 Å². The number of halogens is 1. The van der Waals surface area contributed by atoms with Crippen molar-refractivity contribution in [3.8, 4) is 0 Å². The second-order valence-electron chi connectivity index (χ2n) is 6.09. The molecule has 1 unspecified atom stereocenters. The molecule has 1 aliphatic rings. The fourth-order valence-electron chi connectivity index (χ4n) is 2.74. The minimum absolute atomic E-state index is 0.00636. The van der Waals surface area contributed by atoms with Crippen molar-refractivity contribution in [2.75, 3.05) is 0 Å². The standard InChI is InChI=1S/C13H20BrNO3S2/c1-13(2)5-3-4-9(7-13)15-20(17,18)11-6-10(8-16)19-12(11)14/h6,9,15-16H,3-5,7-8H2,1-2H3. The van der Waals surface area contributed by atoms with E-state index in [1.165, 1.54) is 17.4 Å². The van der Waals surface area contributed by atoms with Gasteiger partial charge in [0.2, 0.25) is 10.0 Å². The van der Waals surface area contributed by atoms with Crippen LogP contribution < -0.4 is 4.72 Å². The molecule has 7 heteroatoms. The molecule has 0 aliphatic heterocycles. The minimum atomic E-state index is -3.53. The molecule has 1 atom stereocenters. The molecule has 1 aromatic heterocycles. The lowest BCUT2D eigenvalue weighted by Gasteiger charge is -2.35. The third-order valence-electron chi connectivity index (χ3n) is 3.68. The molecule has 114 valence electrons. The molecule has 4 nitrogen and oxygen atoms in total. The van der Waals surface area contributed by atoms with E-state index in [2.05, 4.69) is 34.5 Å². The van der Waals surface area contributed by atoms with Gasteiger partial charge in [-0.3, -0.25) is 0 Å². The average molecular weight is 382 g/mol. The van der Waals surface area contributed by atoms with Crippen molar-refractivity contribution in [2.24, 2.45) is 5.41 Å². The molecule has 0 spiro atoms. The number of nitrogens with one attached hydrogen (secondary N) is 1. The molecule has 0 amide bonds. The highest BCUT2D eigenvalue weighted by Crippen LogP contribution is 2.37. The van der Waals surface area contributed by atoms with Crippen molar-refractivity contribution in [2.45, 2.75) is 57.1 Å². The predicted octanol–water partition coefficient (Wildman–Crippen LogP) is 3.25. The summed E-state index contributed by atoms with van der Waals surface area (Å²) in [6, 6.07) is 1.53. The van der Waals surface area contributed by atoms with Crippen LogP contribution in [-0.4, -0.2) is 19.6 Å². The number of sulfonamides is 1. The Balaban J connectivity index is 2.16. The summed E-state index contributed by atoms with van der Waals surface area (Å²) in [5.74, 6) is 0. The Bertz CT molecular complexity index is 580. The Morgan fingerprint density at radius 1 is 1.55 bits per heavy atom. The monoisotopic (exact) mass is 381 g/mol. The van der Waals surface area contributed by atoms with Gasteiger partial charge in [-0.1, -0.05) is 20.3 Å². The van der Waals surface area contributed by atoms with Crippen molar-refractivity contribution < 1.29 is 13.5 Å². The number of hydrogen-bond donors (Lipinski definition) is 2. The SMILES string of the molecule is CC1(C)CCCC(NS(=O)(=O)c2cc(CO)sc2Br)C1. The van der Waals surface area contributed by atoms with E-state index in [0.29, 0.717) is 8.66 Å². The molecule has 0 bridgehead atoms. The van der Waals surface area contributed by atoms with Gasteiger partial charge in [0.05, 0.1) is 10.4 Å². The van der Waals surface area contributed by atoms with E-state index in [0.717, 1.165) is 25.7 Å². The molecule has 1 saturated carbocycles. The van der Waals surface area contributed by atoms with Crippen molar-refractivity contribution in [3.05, 3.63) is 14.7 Å². The normalized spacial score (nSPS) is 22.9. The summed E-state index contributed by atoms with van der Waals surface area (Å²) >= 11 is 4.52. The molecule has 2 N–H and O–H groups in total. The van der Waals surface area contributed by atoms with Gasteiger partial charge in [-0.25, -0.2) is 13.1 Å². The first-order chi connectivity index (χ1) is 9.23. The lowest BCUT2D eigenvalue weighted by atomic mass is 9.75. The molecule has 20 heavy (non-hydrogen) atoms. The molecule has 1 aliphatic carbocycles. The van der Waals surface area contributed by atoms with Crippen LogP contribution in [0.5, 0.6) is 0 Å². The van der Waals surface area contributed by atoms with Gasteiger partial charge in [-0.05, 0) is 46.7 Å². The molecule has 2 rings (SSSR count). The largest absolute Gasteiger partial charge is 0.391 e.